The van der Waals surface area contributed by atoms with Crippen molar-refractivity contribution in [3.8, 4) is 0 Å². The Bertz CT molecular complexity index is 289. The first kappa shape index (κ1) is 17.5. The third-order valence-electron chi connectivity index (χ3n) is 4.43. The first-order valence-electron chi connectivity index (χ1n) is 8.31. The summed E-state index contributed by atoms with van der Waals surface area (Å²) in [5.41, 5.74) is 0. The topological polar surface area (TPSA) is 38.3 Å². The number of hydrogen-bond acceptors (Lipinski definition) is 2. The molecule has 1 aliphatic carbocycles. The largest absolute Gasteiger partial charge is 0.379 e. The number of carbonyl (C=O) groups excluding carboxylic acids is 1. The van der Waals surface area contributed by atoms with Crippen LogP contribution < -0.4 is 5.32 Å². The van der Waals surface area contributed by atoms with E-state index in [-0.39, 0.29) is 17.9 Å². The lowest BCUT2D eigenvalue weighted by atomic mass is 9.70. The average molecular weight is 283 g/mol. The van der Waals surface area contributed by atoms with Crippen molar-refractivity contribution in [2.75, 3.05) is 13.2 Å². The van der Waals surface area contributed by atoms with Gasteiger partial charge in [0.05, 0.1) is 6.10 Å². The SMILES string of the molecule is CC(C)OCCCNC(=O)[C@@H]1C[C@H](C)CC[C@H]1C(C)C. The fourth-order valence-corrected chi connectivity index (χ4v) is 3.24. The Morgan fingerprint density at radius 1 is 1.25 bits per heavy atom. The van der Waals surface area contributed by atoms with Gasteiger partial charge in [0, 0.05) is 19.1 Å². The summed E-state index contributed by atoms with van der Waals surface area (Å²) in [4.78, 5) is 12.4. The van der Waals surface area contributed by atoms with Gasteiger partial charge in [-0.15, -0.1) is 0 Å². The van der Waals surface area contributed by atoms with Crippen LogP contribution >= 0.6 is 0 Å². The van der Waals surface area contributed by atoms with Gasteiger partial charge in [-0.2, -0.15) is 0 Å². The molecular formula is C17H33NO2. The fourth-order valence-electron chi connectivity index (χ4n) is 3.24. The first-order valence-corrected chi connectivity index (χ1v) is 8.31. The van der Waals surface area contributed by atoms with Crippen LogP contribution in [0.5, 0.6) is 0 Å². The Kier molecular flexibility index (Phi) is 7.57. The van der Waals surface area contributed by atoms with Gasteiger partial charge >= 0.3 is 0 Å². The number of carbonyl (C=O) groups is 1. The minimum Gasteiger partial charge on any atom is -0.379 e. The zero-order valence-electron chi connectivity index (χ0n) is 13.9. The highest BCUT2D eigenvalue weighted by atomic mass is 16.5. The molecular weight excluding hydrogens is 250 g/mol. The highest BCUT2D eigenvalue weighted by molar-refractivity contribution is 5.79. The van der Waals surface area contributed by atoms with E-state index in [9.17, 15) is 4.79 Å². The quantitative estimate of drug-likeness (QED) is 0.725. The van der Waals surface area contributed by atoms with E-state index in [0.29, 0.717) is 17.8 Å². The second-order valence-corrected chi connectivity index (χ2v) is 7.00. The second-order valence-electron chi connectivity index (χ2n) is 7.00. The van der Waals surface area contributed by atoms with Crippen molar-refractivity contribution < 1.29 is 9.53 Å². The summed E-state index contributed by atoms with van der Waals surface area (Å²) < 4.78 is 5.49. The fraction of sp³-hybridized carbons (Fsp3) is 0.941. The molecule has 0 aromatic heterocycles. The molecule has 1 amide bonds. The summed E-state index contributed by atoms with van der Waals surface area (Å²) in [6, 6.07) is 0. The molecule has 0 aromatic carbocycles. The van der Waals surface area contributed by atoms with Gasteiger partial charge in [-0.3, -0.25) is 4.79 Å². The highest BCUT2D eigenvalue weighted by Gasteiger charge is 2.35. The lowest BCUT2D eigenvalue weighted by molar-refractivity contribution is -0.129. The molecule has 0 aromatic rings. The molecule has 1 fully saturated rings. The van der Waals surface area contributed by atoms with Crippen LogP contribution in [-0.2, 0) is 9.53 Å². The molecule has 1 N–H and O–H groups in total. The van der Waals surface area contributed by atoms with Gasteiger partial charge in [-0.1, -0.05) is 27.2 Å². The van der Waals surface area contributed by atoms with Crippen LogP contribution in [0.25, 0.3) is 0 Å². The minimum absolute atomic E-state index is 0.213. The Hall–Kier alpha value is -0.570. The predicted molar refractivity (Wildman–Crippen MR) is 83.5 cm³/mol. The lowest BCUT2D eigenvalue weighted by Gasteiger charge is -2.36. The van der Waals surface area contributed by atoms with E-state index in [4.69, 9.17) is 4.74 Å². The zero-order valence-corrected chi connectivity index (χ0v) is 13.9. The summed E-state index contributed by atoms with van der Waals surface area (Å²) in [6.45, 7) is 12.3. The smallest absolute Gasteiger partial charge is 0.223 e. The van der Waals surface area contributed by atoms with Crippen molar-refractivity contribution in [1.82, 2.24) is 5.32 Å². The second kappa shape index (κ2) is 8.66. The van der Waals surface area contributed by atoms with E-state index in [2.05, 4.69) is 26.1 Å². The van der Waals surface area contributed by atoms with Gasteiger partial charge in [-0.05, 0) is 50.9 Å². The molecule has 1 rings (SSSR count). The maximum absolute atomic E-state index is 12.4. The van der Waals surface area contributed by atoms with E-state index in [1.54, 1.807) is 0 Å². The van der Waals surface area contributed by atoms with E-state index in [1.807, 2.05) is 13.8 Å². The average Bonchev–Trinajstić information content (AvgIpc) is 2.37. The summed E-state index contributed by atoms with van der Waals surface area (Å²) in [5.74, 6) is 2.32. The van der Waals surface area contributed by atoms with Gasteiger partial charge in [0.1, 0.15) is 0 Å². The van der Waals surface area contributed by atoms with Crippen LogP contribution in [0.4, 0.5) is 0 Å². The third kappa shape index (κ3) is 5.82. The van der Waals surface area contributed by atoms with E-state index in [1.165, 1.54) is 12.8 Å². The number of ether oxygens (including phenoxy) is 1. The maximum atomic E-state index is 12.4. The van der Waals surface area contributed by atoms with Crippen LogP contribution in [0.1, 0.15) is 60.3 Å². The monoisotopic (exact) mass is 283 g/mol. The van der Waals surface area contributed by atoms with Crippen LogP contribution in [-0.4, -0.2) is 25.2 Å². The van der Waals surface area contributed by atoms with Gasteiger partial charge < -0.3 is 10.1 Å². The van der Waals surface area contributed by atoms with E-state index in [0.717, 1.165) is 26.0 Å². The Labute approximate surface area is 124 Å². The number of nitrogens with one attached hydrogen (secondary N) is 1. The van der Waals surface area contributed by atoms with Gasteiger partial charge in [-0.25, -0.2) is 0 Å². The predicted octanol–water partition coefficient (Wildman–Crippen LogP) is 3.63. The normalized spacial score (nSPS) is 27.1. The summed E-state index contributed by atoms with van der Waals surface area (Å²) in [6.07, 6.45) is 4.70. The Morgan fingerprint density at radius 3 is 2.55 bits per heavy atom. The summed E-state index contributed by atoms with van der Waals surface area (Å²) in [5, 5.41) is 3.11. The molecule has 0 radical (unpaired) electrons. The van der Waals surface area contributed by atoms with Crippen LogP contribution in [0.15, 0.2) is 0 Å². The molecule has 0 saturated heterocycles. The lowest BCUT2D eigenvalue weighted by Crippen LogP contribution is -2.40. The molecule has 1 saturated carbocycles. The molecule has 1 aliphatic rings. The van der Waals surface area contributed by atoms with E-state index < -0.39 is 0 Å². The van der Waals surface area contributed by atoms with Crippen molar-refractivity contribution in [2.24, 2.45) is 23.7 Å². The highest BCUT2D eigenvalue weighted by Crippen LogP contribution is 2.37. The van der Waals surface area contributed by atoms with Crippen molar-refractivity contribution >= 4 is 5.91 Å². The number of hydrogen-bond donors (Lipinski definition) is 1. The van der Waals surface area contributed by atoms with Crippen LogP contribution in [0, 0.1) is 23.7 Å². The standard InChI is InChI=1S/C17H33NO2/c1-12(2)15-8-7-14(5)11-16(15)17(19)18-9-6-10-20-13(3)4/h12-16H,6-11H2,1-5H3,(H,18,19)/t14-,15+,16-/m1/s1. The third-order valence-corrected chi connectivity index (χ3v) is 4.43. The Balaban J connectivity index is 2.35. The van der Waals surface area contributed by atoms with Gasteiger partial charge in [0.15, 0.2) is 0 Å². The molecule has 0 spiro atoms. The molecule has 0 aliphatic heterocycles. The van der Waals surface area contributed by atoms with Gasteiger partial charge in [0.2, 0.25) is 5.91 Å². The zero-order chi connectivity index (χ0) is 15.1. The van der Waals surface area contributed by atoms with Crippen LogP contribution in [0.3, 0.4) is 0 Å². The molecule has 0 heterocycles. The first-order chi connectivity index (χ1) is 9.41. The van der Waals surface area contributed by atoms with Crippen molar-refractivity contribution in [3.63, 3.8) is 0 Å². The number of rotatable bonds is 7. The molecule has 3 nitrogen and oxygen atoms in total. The summed E-state index contributed by atoms with van der Waals surface area (Å²) >= 11 is 0. The molecule has 0 bridgehead atoms. The van der Waals surface area contributed by atoms with Crippen LogP contribution in [0.2, 0.25) is 0 Å². The summed E-state index contributed by atoms with van der Waals surface area (Å²) in [7, 11) is 0. The molecule has 118 valence electrons. The van der Waals surface area contributed by atoms with Crippen molar-refractivity contribution in [1.29, 1.82) is 0 Å². The minimum atomic E-state index is 0.213. The van der Waals surface area contributed by atoms with Gasteiger partial charge in [0.25, 0.3) is 0 Å². The van der Waals surface area contributed by atoms with Crippen molar-refractivity contribution in [3.05, 3.63) is 0 Å². The number of amides is 1. The molecule has 3 heteroatoms. The molecule has 20 heavy (non-hydrogen) atoms. The maximum Gasteiger partial charge on any atom is 0.223 e. The molecule has 3 atom stereocenters. The van der Waals surface area contributed by atoms with E-state index >= 15 is 0 Å². The van der Waals surface area contributed by atoms with Crippen molar-refractivity contribution in [2.45, 2.75) is 66.4 Å². The Morgan fingerprint density at radius 2 is 1.95 bits per heavy atom. The molecule has 0 unspecified atom stereocenters.